The van der Waals surface area contributed by atoms with E-state index in [0.29, 0.717) is 5.56 Å². The van der Waals surface area contributed by atoms with E-state index in [1.165, 1.54) is 0 Å². The summed E-state index contributed by atoms with van der Waals surface area (Å²) in [6, 6.07) is 7.71. The van der Waals surface area contributed by atoms with Gasteiger partial charge in [0.2, 0.25) is 0 Å². The Bertz CT molecular complexity index is 308. The molecule has 1 N–H and O–H groups in total. The van der Waals surface area contributed by atoms with Gasteiger partial charge in [-0.05, 0) is 26.0 Å². The van der Waals surface area contributed by atoms with Gasteiger partial charge in [-0.1, -0.05) is 33.6 Å². The Hall–Kier alpha value is -0.830. The summed E-state index contributed by atoms with van der Waals surface area (Å²) < 4.78 is 0. The van der Waals surface area contributed by atoms with Crippen LogP contribution in [-0.2, 0) is 0 Å². The van der Waals surface area contributed by atoms with Gasteiger partial charge in [-0.3, -0.25) is 4.79 Å². The molecule has 0 saturated carbocycles. The number of benzene rings is 1. The number of carbonyl (C=O) groups is 1. The molecule has 0 spiro atoms. The SMILES string of the molecule is Cc1ccc(C(=O)NC(C)CBr)cc1. The Morgan fingerprint density at radius 1 is 1.43 bits per heavy atom. The number of nitrogens with one attached hydrogen (secondary N) is 1. The molecule has 1 amide bonds. The van der Waals surface area contributed by atoms with Crippen LogP contribution in [0.25, 0.3) is 0 Å². The second-order valence-electron chi connectivity index (χ2n) is 3.39. The molecule has 0 aromatic heterocycles. The molecule has 0 aliphatic heterocycles. The smallest absolute Gasteiger partial charge is 0.251 e. The maximum atomic E-state index is 11.6. The van der Waals surface area contributed by atoms with Crippen molar-refractivity contribution in [3.63, 3.8) is 0 Å². The summed E-state index contributed by atoms with van der Waals surface area (Å²) in [5, 5.41) is 3.65. The molecule has 1 aromatic carbocycles. The van der Waals surface area contributed by atoms with Gasteiger partial charge in [0.15, 0.2) is 0 Å². The first-order valence-corrected chi connectivity index (χ1v) is 5.69. The van der Waals surface area contributed by atoms with Gasteiger partial charge >= 0.3 is 0 Å². The van der Waals surface area contributed by atoms with Crippen LogP contribution in [0.4, 0.5) is 0 Å². The Morgan fingerprint density at radius 3 is 2.50 bits per heavy atom. The second kappa shape index (κ2) is 5.15. The van der Waals surface area contributed by atoms with Gasteiger partial charge in [0, 0.05) is 16.9 Å². The van der Waals surface area contributed by atoms with Crippen LogP contribution in [0, 0.1) is 6.92 Å². The highest BCUT2D eigenvalue weighted by molar-refractivity contribution is 9.09. The first kappa shape index (κ1) is 11.2. The van der Waals surface area contributed by atoms with Gasteiger partial charge in [0.1, 0.15) is 0 Å². The van der Waals surface area contributed by atoms with Crippen molar-refractivity contribution in [1.82, 2.24) is 5.32 Å². The monoisotopic (exact) mass is 255 g/mol. The highest BCUT2D eigenvalue weighted by Gasteiger charge is 2.07. The van der Waals surface area contributed by atoms with Crippen molar-refractivity contribution < 1.29 is 4.79 Å². The number of amides is 1. The third kappa shape index (κ3) is 3.14. The number of carbonyl (C=O) groups excluding carboxylic acids is 1. The van der Waals surface area contributed by atoms with Crippen LogP contribution in [0.3, 0.4) is 0 Å². The van der Waals surface area contributed by atoms with Gasteiger partial charge in [-0.15, -0.1) is 0 Å². The van der Waals surface area contributed by atoms with E-state index in [4.69, 9.17) is 0 Å². The summed E-state index contributed by atoms with van der Waals surface area (Å²) in [7, 11) is 0. The molecule has 0 fully saturated rings. The fourth-order valence-electron chi connectivity index (χ4n) is 1.05. The normalized spacial score (nSPS) is 12.2. The van der Waals surface area contributed by atoms with E-state index in [9.17, 15) is 4.79 Å². The molecular formula is C11H14BrNO. The van der Waals surface area contributed by atoms with Crippen molar-refractivity contribution in [1.29, 1.82) is 0 Å². The Balaban J connectivity index is 2.65. The van der Waals surface area contributed by atoms with Crippen LogP contribution < -0.4 is 5.32 Å². The predicted octanol–water partition coefficient (Wildman–Crippen LogP) is 2.51. The zero-order valence-electron chi connectivity index (χ0n) is 8.38. The summed E-state index contributed by atoms with van der Waals surface area (Å²) in [5.74, 6) is -0.0167. The van der Waals surface area contributed by atoms with E-state index in [1.54, 1.807) is 0 Å². The first-order chi connectivity index (χ1) is 6.63. The van der Waals surface area contributed by atoms with E-state index < -0.39 is 0 Å². The summed E-state index contributed by atoms with van der Waals surface area (Å²) in [4.78, 5) is 11.6. The summed E-state index contributed by atoms with van der Waals surface area (Å²) in [5.41, 5.74) is 1.87. The number of alkyl halides is 1. The fraction of sp³-hybridized carbons (Fsp3) is 0.364. The summed E-state index contributed by atoms with van der Waals surface area (Å²) >= 11 is 3.31. The van der Waals surface area contributed by atoms with E-state index in [1.807, 2.05) is 38.1 Å². The first-order valence-electron chi connectivity index (χ1n) is 4.57. The van der Waals surface area contributed by atoms with E-state index in [2.05, 4.69) is 21.2 Å². The number of rotatable bonds is 3. The number of halogens is 1. The highest BCUT2D eigenvalue weighted by atomic mass is 79.9. The average Bonchev–Trinajstić information content (AvgIpc) is 2.18. The van der Waals surface area contributed by atoms with E-state index >= 15 is 0 Å². The largest absolute Gasteiger partial charge is 0.349 e. The minimum Gasteiger partial charge on any atom is -0.349 e. The minimum atomic E-state index is -0.0167. The van der Waals surface area contributed by atoms with Crippen LogP contribution in [0.1, 0.15) is 22.8 Å². The van der Waals surface area contributed by atoms with E-state index in [0.717, 1.165) is 10.9 Å². The van der Waals surface area contributed by atoms with Gasteiger partial charge in [-0.25, -0.2) is 0 Å². The molecule has 0 aliphatic carbocycles. The molecule has 0 bridgehead atoms. The van der Waals surface area contributed by atoms with Gasteiger partial charge < -0.3 is 5.32 Å². The van der Waals surface area contributed by atoms with Crippen molar-refractivity contribution in [3.8, 4) is 0 Å². The van der Waals surface area contributed by atoms with Crippen LogP contribution in [-0.4, -0.2) is 17.3 Å². The highest BCUT2D eigenvalue weighted by Crippen LogP contribution is 2.03. The van der Waals surface area contributed by atoms with Crippen molar-refractivity contribution in [2.75, 3.05) is 5.33 Å². The average molecular weight is 256 g/mol. The van der Waals surface area contributed by atoms with Crippen molar-refractivity contribution in [3.05, 3.63) is 35.4 Å². The molecule has 0 heterocycles. The van der Waals surface area contributed by atoms with Crippen LogP contribution >= 0.6 is 15.9 Å². The molecule has 2 nitrogen and oxygen atoms in total. The van der Waals surface area contributed by atoms with Crippen LogP contribution in [0.2, 0.25) is 0 Å². The zero-order chi connectivity index (χ0) is 10.6. The van der Waals surface area contributed by atoms with Crippen molar-refractivity contribution >= 4 is 21.8 Å². The Kier molecular flexibility index (Phi) is 4.14. The lowest BCUT2D eigenvalue weighted by Crippen LogP contribution is -2.33. The molecule has 1 rings (SSSR count). The Labute approximate surface area is 92.8 Å². The third-order valence-electron chi connectivity index (χ3n) is 1.92. The van der Waals surface area contributed by atoms with Gasteiger partial charge in [-0.2, -0.15) is 0 Å². The second-order valence-corrected chi connectivity index (χ2v) is 4.04. The van der Waals surface area contributed by atoms with Crippen molar-refractivity contribution in [2.45, 2.75) is 19.9 Å². The molecule has 14 heavy (non-hydrogen) atoms. The van der Waals surface area contributed by atoms with Crippen LogP contribution in [0.5, 0.6) is 0 Å². The molecule has 1 atom stereocenters. The Morgan fingerprint density at radius 2 is 2.00 bits per heavy atom. The molecule has 1 aromatic rings. The number of hydrogen-bond acceptors (Lipinski definition) is 1. The summed E-state index contributed by atoms with van der Waals surface area (Å²) in [6.45, 7) is 3.96. The minimum absolute atomic E-state index is 0.0167. The number of aryl methyl sites for hydroxylation is 1. The molecule has 1 unspecified atom stereocenters. The predicted molar refractivity (Wildman–Crippen MR) is 61.9 cm³/mol. The lowest BCUT2D eigenvalue weighted by Gasteiger charge is -2.10. The summed E-state index contributed by atoms with van der Waals surface area (Å²) in [6.07, 6.45) is 0. The molecule has 0 aliphatic rings. The zero-order valence-corrected chi connectivity index (χ0v) is 9.97. The molecular weight excluding hydrogens is 242 g/mol. The molecule has 0 saturated heterocycles. The van der Waals surface area contributed by atoms with Crippen molar-refractivity contribution in [2.24, 2.45) is 0 Å². The number of hydrogen-bond donors (Lipinski definition) is 1. The van der Waals surface area contributed by atoms with Gasteiger partial charge in [0.05, 0.1) is 0 Å². The van der Waals surface area contributed by atoms with E-state index in [-0.39, 0.29) is 11.9 Å². The van der Waals surface area contributed by atoms with Gasteiger partial charge in [0.25, 0.3) is 5.91 Å². The lowest BCUT2D eigenvalue weighted by molar-refractivity contribution is 0.0944. The maximum Gasteiger partial charge on any atom is 0.251 e. The molecule has 76 valence electrons. The van der Waals surface area contributed by atoms with Crippen LogP contribution in [0.15, 0.2) is 24.3 Å². The quantitative estimate of drug-likeness (QED) is 0.827. The molecule has 0 radical (unpaired) electrons. The lowest BCUT2D eigenvalue weighted by atomic mass is 10.1. The fourth-order valence-corrected chi connectivity index (χ4v) is 1.21. The topological polar surface area (TPSA) is 29.1 Å². The molecule has 3 heteroatoms. The standard InChI is InChI=1S/C11H14BrNO/c1-8-3-5-10(6-4-8)11(14)13-9(2)7-12/h3-6,9H,7H2,1-2H3,(H,13,14). The third-order valence-corrected chi connectivity index (χ3v) is 2.89. The maximum absolute atomic E-state index is 11.6.